The van der Waals surface area contributed by atoms with Crippen molar-refractivity contribution in [3.63, 3.8) is 0 Å². The highest BCUT2D eigenvalue weighted by molar-refractivity contribution is 7.17. The summed E-state index contributed by atoms with van der Waals surface area (Å²) in [6.07, 6.45) is 0. The van der Waals surface area contributed by atoms with E-state index in [1.54, 1.807) is 38.3 Å². The zero-order valence-corrected chi connectivity index (χ0v) is 17.8. The fraction of sp³-hybridized carbons (Fsp3) is 0.143. The lowest BCUT2D eigenvalue weighted by Gasteiger charge is -2.04. The van der Waals surface area contributed by atoms with E-state index in [4.69, 9.17) is 9.15 Å². The predicted octanol–water partition coefficient (Wildman–Crippen LogP) is 3.49. The molecule has 4 rings (SSSR count). The van der Waals surface area contributed by atoms with Crippen LogP contribution in [0, 0.1) is 13.8 Å². The van der Waals surface area contributed by atoms with Gasteiger partial charge in [-0.15, -0.1) is 11.3 Å². The number of ether oxygens (including phenoxy) is 1. The number of carbonyl (C=O) groups excluding carboxylic acids is 2. The number of hydrogen-bond donors (Lipinski definition) is 3. The van der Waals surface area contributed by atoms with E-state index >= 15 is 0 Å². The number of methoxy groups -OCH3 is 1. The fourth-order valence-corrected chi connectivity index (χ4v) is 3.77. The van der Waals surface area contributed by atoms with Crippen molar-refractivity contribution in [2.24, 2.45) is 0 Å². The van der Waals surface area contributed by atoms with Crippen LogP contribution in [0.15, 0.2) is 46.9 Å². The lowest BCUT2D eigenvalue weighted by molar-refractivity contribution is 0.0845. The van der Waals surface area contributed by atoms with Crippen molar-refractivity contribution in [3.05, 3.63) is 64.5 Å². The Hall–Kier alpha value is -3.92. The molecular weight excluding hydrogens is 418 g/mol. The molecule has 2 amide bonds. The normalized spacial score (nSPS) is 10.7. The summed E-state index contributed by atoms with van der Waals surface area (Å²) in [5, 5.41) is 7.41. The maximum atomic E-state index is 12.5. The quantitative estimate of drug-likeness (QED) is 0.411. The third-order valence-electron chi connectivity index (χ3n) is 4.45. The molecule has 0 fully saturated rings. The first-order chi connectivity index (χ1) is 14.9. The highest BCUT2D eigenvalue weighted by atomic mass is 32.1. The predicted molar refractivity (Wildman–Crippen MR) is 115 cm³/mol. The average molecular weight is 437 g/mol. The number of nitrogens with one attached hydrogen (secondary N) is 3. The van der Waals surface area contributed by atoms with Gasteiger partial charge in [0.25, 0.3) is 11.8 Å². The van der Waals surface area contributed by atoms with Crippen molar-refractivity contribution in [1.29, 1.82) is 0 Å². The molecule has 9 nitrogen and oxygen atoms in total. The topological polar surface area (TPSA) is 122 Å². The second-order valence-corrected chi connectivity index (χ2v) is 7.65. The minimum Gasteiger partial charge on any atom is -0.497 e. The van der Waals surface area contributed by atoms with Crippen molar-refractivity contribution < 1.29 is 18.7 Å². The SMILES string of the molecule is COc1ccc(-c2cc(C(=O)NNC(=O)c3sc(-c4ccc(C)o4)nc3C)[nH]n2)cc1. The number of hydrogen-bond acceptors (Lipinski definition) is 7. The molecule has 0 aliphatic carbocycles. The van der Waals surface area contributed by atoms with Crippen LogP contribution in [0.25, 0.3) is 22.0 Å². The van der Waals surface area contributed by atoms with Gasteiger partial charge >= 0.3 is 0 Å². The fourth-order valence-electron chi connectivity index (χ4n) is 2.85. The number of carbonyl (C=O) groups is 2. The van der Waals surface area contributed by atoms with E-state index in [0.29, 0.717) is 27.0 Å². The zero-order chi connectivity index (χ0) is 22.0. The van der Waals surface area contributed by atoms with Gasteiger partial charge in [-0.25, -0.2) is 4.98 Å². The summed E-state index contributed by atoms with van der Waals surface area (Å²) < 4.78 is 10.7. The summed E-state index contributed by atoms with van der Waals surface area (Å²) in [6, 6.07) is 12.5. The number of hydrazine groups is 1. The number of aromatic nitrogens is 3. The molecule has 1 aromatic carbocycles. The molecule has 3 heterocycles. The molecule has 31 heavy (non-hydrogen) atoms. The second kappa shape index (κ2) is 8.44. The number of aryl methyl sites for hydroxylation is 2. The van der Waals surface area contributed by atoms with Gasteiger partial charge in [-0.2, -0.15) is 5.10 Å². The minimum atomic E-state index is -0.523. The molecule has 0 spiro atoms. The summed E-state index contributed by atoms with van der Waals surface area (Å²) in [6.45, 7) is 3.56. The Morgan fingerprint density at radius 3 is 2.48 bits per heavy atom. The summed E-state index contributed by atoms with van der Waals surface area (Å²) in [4.78, 5) is 29.7. The van der Waals surface area contributed by atoms with Crippen LogP contribution in [0.2, 0.25) is 0 Å². The van der Waals surface area contributed by atoms with E-state index in [1.807, 2.05) is 25.1 Å². The Bertz CT molecular complexity index is 1240. The monoisotopic (exact) mass is 437 g/mol. The molecule has 0 saturated carbocycles. The molecule has 3 aromatic heterocycles. The van der Waals surface area contributed by atoms with E-state index < -0.39 is 11.8 Å². The molecule has 0 atom stereocenters. The van der Waals surface area contributed by atoms with Crippen molar-refractivity contribution in [3.8, 4) is 27.8 Å². The smallest absolute Gasteiger partial charge is 0.287 e. The van der Waals surface area contributed by atoms with E-state index in [9.17, 15) is 9.59 Å². The van der Waals surface area contributed by atoms with E-state index in [2.05, 4.69) is 26.0 Å². The van der Waals surface area contributed by atoms with Crippen LogP contribution in [0.5, 0.6) is 5.75 Å². The van der Waals surface area contributed by atoms with Crippen LogP contribution in [0.4, 0.5) is 0 Å². The third-order valence-corrected chi connectivity index (χ3v) is 5.62. The van der Waals surface area contributed by atoms with E-state index in [0.717, 1.165) is 17.1 Å². The molecule has 158 valence electrons. The van der Waals surface area contributed by atoms with Gasteiger partial charge in [-0.3, -0.25) is 25.5 Å². The molecule has 0 aliphatic heterocycles. The van der Waals surface area contributed by atoms with Gasteiger partial charge in [0.2, 0.25) is 0 Å². The lowest BCUT2D eigenvalue weighted by atomic mass is 10.1. The largest absolute Gasteiger partial charge is 0.497 e. The zero-order valence-electron chi connectivity index (χ0n) is 17.0. The Labute approximate surface area is 181 Å². The van der Waals surface area contributed by atoms with Gasteiger partial charge in [0.15, 0.2) is 10.8 Å². The van der Waals surface area contributed by atoms with Crippen LogP contribution >= 0.6 is 11.3 Å². The Morgan fingerprint density at radius 1 is 1.06 bits per heavy atom. The first-order valence-electron chi connectivity index (χ1n) is 9.29. The van der Waals surface area contributed by atoms with Gasteiger partial charge in [0.1, 0.15) is 22.1 Å². The molecule has 0 unspecified atom stereocenters. The number of rotatable bonds is 5. The molecule has 4 aromatic rings. The highest BCUT2D eigenvalue weighted by Gasteiger charge is 2.19. The number of H-pyrrole nitrogens is 1. The standard InChI is InChI=1S/C21H19N5O4S/c1-11-4-9-17(30-11)21-22-12(2)18(31-21)20(28)26-25-19(27)16-10-15(23-24-16)13-5-7-14(29-3)8-6-13/h4-10H,1-3H3,(H,23,24)(H,25,27)(H,26,28). The number of benzene rings is 1. The summed E-state index contributed by atoms with van der Waals surface area (Å²) in [5.41, 5.74) is 6.96. The van der Waals surface area contributed by atoms with E-state index in [-0.39, 0.29) is 5.69 Å². The van der Waals surface area contributed by atoms with Crippen LogP contribution in [-0.2, 0) is 0 Å². The summed E-state index contributed by atoms with van der Waals surface area (Å²) in [7, 11) is 1.59. The third kappa shape index (κ3) is 4.33. The Balaban J connectivity index is 1.40. The first kappa shape index (κ1) is 20.4. The lowest BCUT2D eigenvalue weighted by Crippen LogP contribution is -2.41. The molecular formula is C21H19N5O4S. The number of thiazole rings is 1. The number of aromatic amines is 1. The number of furan rings is 1. The Kier molecular flexibility index (Phi) is 5.54. The minimum absolute atomic E-state index is 0.207. The average Bonchev–Trinajstić information content (AvgIpc) is 3.51. The van der Waals surface area contributed by atoms with Crippen molar-refractivity contribution in [2.45, 2.75) is 13.8 Å². The van der Waals surface area contributed by atoms with Gasteiger partial charge < -0.3 is 9.15 Å². The van der Waals surface area contributed by atoms with Crippen molar-refractivity contribution >= 4 is 23.2 Å². The van der Waals surface area contributed by atoms with Crippen LogP contribution in [0.1, 0.15) is 31.6 Å². The number of nitrogens with zero attached hydrogens (tertiary/aromatic N) is 2. The molecule has 0 bridgehead atoms. The highest BCUT2D eigenvalue weighted by Crippen LogP contribution is 2.29. The van der Waals surface area contributed by atoms with Gasteiger partial charge in [-0.05, 0) is 56.3 Å². The van der Waals surface area contributed by atoms with Crippen molar-refractivity contribution in [1.82, 2.24) is 26.0 Å². The first-order valence-corrected chi connectivity index (χ1v) is 10.1. The summed E-state index contributed by atoms with van der Waals surface area (Å²) >= 11 is 1.19. The van der Waals surface area contributed by atoms with Gasteiger partial charge in [0, 0.05) is 5.56 Å². The summed E-state index contributed by atoms with van der Waals surface area (Å²) in [5.74, 6) is 1.09. The van der Waals surface area contributed by atoms with Gasteiger partial charge in [-0.1, -0.05) is 0 Å². The maximum Gasteiger partial charge on any atom is 0.287 e. The maximum absolute atomic E-state index is 12.5. The van der Waals surface area contributed by atoms with Gasteiger partial charge in [0.05, 0.1) is 18.5 Å². The molecule has 0 radical (unpaired) electrons. The molecule has 0 saturated heterocycles. The van der Waals surface area contributed by atoms with Crippen LogP contribution in [-0.4, -0.2) is 34.1 Å². The molecule has 0 aliphatic rings. The van der Waals surface area contributed by atoms with Crippen LogP contribution in [0.3, 0.4) is 0 Å². The van der Waals surface area contributed by atoms with Crippen LogP contribution < -0.4 is 15.6 Å². The second-order valence-electron chi connectivity index (χ2n) is 6.65. The Morgan fingerprint density at radius 2 is 1.81 bits per heavy atom. The molecule has 3 N–H and O–H groups in total. The number of amides is 2. The van der Waals surface area contributed by atoms with E-state index in [1.165, 1.54) is 11.3 Å². The van der Waals surface area contributed by atoms with Crippen molar-refractivity contribution in [2.75, 3.05) is 7.11 Å². The molecule has 10 heteroatoms.